The molecule has 1 atom stereocenters. The summed E-state index contributed by atoms with van der Waals surface area (Å²) in [5.41, 5.74) is 5.01. The summed E-state index contributed by atoms with van der Waals surface area (Å²) >= 11 is 0. The van der Waals surface area contributed by atoms with Gasteiger partial charge in [0.25, 0.3) is 5.91 Å². The van der Waals surface area contributed by atoms with Gasteiger partial charge >= 0.3 is 5.97 Å². The molecular formula is C22H24N4O3. The van der Waals surface area contributed by atoms with Crippen LogP contribution in [0, 0.1) is 20.8 Å². The van der Waals surface area contributed by atoms with Gasteiger partial charge in [-0.15, -0.1) is 0 Å². The molecular weight excluding hydrogens is 368 g/mol. The Labute approximate surface area is 169 Å². The number of aryl methyl sites for hydroxylation is 3. The van der Waals surface area contributed by atoms with E-state index in [2.05, 4.69) is 10.1 Å². The van der Waals surface area contributed by atoms with Gasteiger partial charge in [-0.05, 0) is 57.4 Å². The first kappa shape index (κ1) is 19.1. The predicted molar refractivity (Wildman–Crippen MR) is 108 cm³/mol. The number of aromatic carboxylic acids is 1. The van der Waals surface area contributed by atoms with Crippen molar-refractivity contribution in [3.8, 4) is 0 Å². The van der Waals surface area contributed by atoms with Crippen molar-refractivity contribution in [3.63, 3.8) is 0 Å². The van der Waals surface area contributed by atoms with Crippen molar-refractivity contribution in [3.05, 3.63) is 64.1 Å². The Balaban J connectivity index is 1.62. The zero-order valence-electron chi connectivity index (χ0n) is 16.8. The number of carboxylic acids is 1. The molecule has 1 saturated heterocycles. The second-order valence-electron chi connectivity index (χ2n) is 7.75. The van der Waals surface area contributed by atoms with Crippen molar-refractivity contribution in [1.82, 2.24) is 19.5 Å². The average Bonchev–Trinajstić information content (AvgIpc) is 3.04. The van der Waals surface area contributed by atoms with Crippen LogP contribution in [0.2, 0.25) is 0 Å². The first-order valence-electron chi connectivity index (χ1n) is 9.81. The second kappa shape index (κ2) is 7.31. The third-order valence-corrected chi connectivity index (χ3v) is 5.62. The Morgan fingerprint density at radius 3 is 2.55 bits per heavy atom. The Bertz CT molecular complexity index is 1100. The zero-order chi connectivity index (χ0) is 20.7. The number of piperidine rings is 1. The van der Waals surface area contributed by atoms with E-state index < -0.39 is 5.97 Å². The van der Waals surface area contributed by atoms with Crippen LogP contribution in [-0.4, -0.2) is 49.6 Å². The number of nitrogens with zero attached hydrogens (tertiary/aromatic N) is 4. The highest BCUT2D eigenvalue weighted by Crippen LogP contribution is 2.29. The number of likely N-dealkylation sites (tertiary alicyclic amines) is 1. The monoisotopic (exact) mass is 392 g/mol. The molecule has 3 heterocycles. The minimum absolute atomic E-state index is 0.0399. The summed E-state index contributed by atoms with van der Waals surface area (Å²) in [7, 11) is 0. The highest BCUT2D eigenvalue weighted by molar-refractivity contribution is 6.01. The van der Waals surface area contributed by atoms with Crippen LogP contribution in [-0.2, 0) is 0 Å². The van der Waals surface area contributed by atoms with Gasteiger partial charge in [-0.1, -0.05) is 12.1 Å². The Morgan fingerprint density at radius 2 is 1.86 bits per heavy atom. The summed E-state index contributed by atoms with van der Waals surface area (Å²) in [6.45, 7) is 7.03. The molecule has 0 radical (unpaired) electrons. The predicted octanol–water partition coefficient (Wildman–Crippen LogP) is 3.37. The molecule has 0 aliphatic carbocycles. The molecule has 1 N–H and O–H groups in total. The number of amides is 1. The van der Waals surface area contributed by atoms with Crippen molar-refractivity contribution in [2.45, 2.75) is 39.5 Å². The fraction of sp³-hybridized carbons (Fsp3) is 0.364. The minimum atomic E-state index is -0.932. The standard InChI is InChI=1S/C22H24N4O3/c1-13-11-14(2)26-20(23-13)19(15(3)24-26)21(27)25-10-4-5-18(12-25)16-6-8-17(9-7-16)22(28)29/h6-9,11,18H,4-5,10,12H2,1-3H3,(H,28,29). The molecule has 2 aromatic heterocycles. The summed E-state index contributed by atoms with van der Waals surface area (Å²) in [5, 5.41) is 13.6. The summed E-state index contributed by atoms with van der Waals surface area (Å²) in [5.74, 6) is -0.783. The van der Waals surface area contributed by atoms with E-state index in [1.807, 2.05) is 43.9 Å². The molecule has 29 heavy (non-hydrogen) atoms. The molecule has 0 bridgehead atoms. The van der Waals surface area contributed by atoms with E-state index in [9.17, 15) is 9.59 Å². The lowest BCUT2D eigenvalue weighted by molar-refractivity contribution is 0.0693. The molecule has 150 valence electrons. The van der Waals surface area contributed by atoms with Crippen molar-refractivity contribution in [2.75, 3.05) is 13.1 Å². The van der Waals surface area contributed by atoms with E-state index in [0.717, 1.165) is 29.8 Å². The van der Waals surface area contributed by atoms with E-state index in [1.165, 1.54) is 0 Å². The molecule has 1 aromatic carbocycles. The van der Waals surface area contributed by atoms with Gasteiger partial charge in [0.2, 0.25) is 0 Å². The van der Waals surface area contributed by atoms with Gasteiger partial charge in [0.15, 0.2) is 5.65 Å². The molecule has 1 fully saturated rings. The van der Waals surface area contributed by atoms with E-state index in [0.29, 0.717) is 30.0 Å². The van der Waals surface area contributed by atoms with Gasteiger partial charge in [0.05, 0.1) is 11.3 Å². The van der Waals surface area contributed by atoms with Crippen LogP contribution in [0.1, 0.15) is 62.1 Å². The first-order chi connectivity index (χ1) is 13.8. The zero-order valence-corrected chi connectivity index (χ0v) is 16.8. The number of fused-ring (bicyclic) bond motifs is 1. The number of benzene rings is 1. The SMILES string of the molecule is Cc1cc(C)n2nc(C)c(C(=O)N3CCCC(c4ccc(C(=O)O)cc4)C3)c2n1. The van der Waals surface area contributed by atoms with Crippen molar-refractivity contribution >= 4 is 17.5 Å². The molecule has 7 heteroatoms. The lowest BCUT2D eigenvalue weighted by atomic mass is 9.90. The molecule has 3 aromatic rings. The van der Waals surface area contributed by atoms with Crippen LogP contribution < -0.4 is 0 Å². The van der Waals surface area contributed by atoms with Gasteiger partial charge in [0.1, 0.15) is 5.56 Å². The number of aromatic nitrogens is 3. The molecule has 0 spiro atoms. The third-order valence-electron chi connectivity index (χ3n) is 5.62. The van der Waals surface area contributed by atoms with Crippen LogP contribution in [0.15, 0.2) is 30.3 Å². The maximum Gasteiger partial charge on any atom is 0.335 e. The summed E-state index contributed by atoms with van der Waals surface area (Å²) < 4.78 is 1.74. The third kappa shape index (κ3) is 3.48. The fourth-order valence-electron chi connectivity index (χ4n) is 4.17. The van der Waals surface area contributed by atoms with Crippen LogP contribution in [0.5, 0.6) is 0 Å². The maximum atomic E-state index is 13.4. The topological polar surface area (TPSA) is 87.8 Å². The van der Waals surface area contributed by atoms with Gasteiger partial charge in [-0.25, -0.2) is 14.3 Å². The second-order valence-corrected chi connectivity index (χ2v) is 7.75. The number of carboxylic acid groups (broad SMARTS) is 1. The number of rotatable bonds is 3. The largest absolute Gasteiger partial charge is 0.478 e. The lowest BCUT2D eigenvalue weighted by Crippen LogP contribution is -2.39. The fourth-order valence-corrected chi connectivity index (χ4v) is 4.17. The van der Waals surface area contributed by atoms with Gasteiger partial charge in [0, 0.05) is 30.4 Å². The summed E-state index contributed by atoms with van der Waals surface area (Å²) in [6.07, 6.45) is 1.88. The van der Waals surface area contributed by atoms with Crippen LogP contribution in [0.25, 0.3) is 5.65 Å². The average molecular weight is 392 g/mol. The van der Waals surface area contributed by atoms with E-state index in [4.69, 9.17) is 5.11 Å². The highest BCUT2D eigenvalue weighted by atomic mass is 16.4. The minimum Gasteiger partial charge on any atom is -0.478 e. The van der Waals surface area contributed by atoms with Crippen LogP contribution in [0.4, 0.5) is 0 Å². The van der Waals surface area contributed by atoms with Crippen molar-refractivity contribution < 1.29 is 14.7 Å². The highest BCUT2D eigenvalue weighted by Gasteiger charge is 2.29. The van der Waals surface area contributed by atoms with Crippen molar-refractivity contribution in [1.29, 1.82) is 0 Å². The van der Waals surface area contributed by atoms with E-state index in [1.54, 1.807) is 16.6 Å². The number of hydrogen-bond donors (Lipinski definition) is 1. The quantitative estimate of drug-likeness (QED) is 0.738. The summed E-state index contributed by atoms with van der Waals surface area (Å²) in [6, 6.07) is 8.92. The van der Waals surface area contributed by atoms with Gasteiger partial charge in [-0.2, -0.15) is 5.10 Å². The molecule has 0 saturated carbocycles. The summed E-state index contributed by atoms with van der Waals surface area (Å²) in [4.78, 5) is 30.9. The number of hydrogen-bond acceptors (Lipinski definition) is 4. The molecule has 1 unspecified atom stereocenters. The lowest BCUT2D eigenvalue weighted by Gasteiger charge is -2.33. The van der Waals surface area contributed by atoms with Crippen LogP contribution >= 0.6 is 0 Å². The van der Waals surface area contributed by atoms with E-state index in [-0.39, 0.29) is 17.4 Å². The van der Waals surface area contributed by atoms with Gasteiger partial charge in [-0.3, -0.25) is 4.79 Å². The molecule has 7 nitrogen and oxygen atoms in total. The Hall–Kier alpha value is -3.22. The molecule has 4 rings (SSSR count). The van der Waals surface area contributed by atoms with Crippen molar-refractivity contribution in [2.24, 2.45) is 0 Å². The first-order valence-corrected chi connectivity index (χ1v) is 9.81. The smallest absolute Gasteiger partial charge is 0.335 e. The molecule has 1 amide bonds. The Morgan fingerprint density at radius 1 is 1.14 bits per heavy atom. The van der Waals surface area contributed by atoms with E-state index >= 15 is 0 Å². The Kier molecular flexibility index (Phi) is 4.82. The molecule has 1 aliphatic heterocycles. The van der Waals surface area contributed by atoms with Crippen LogP contribution in [0.3, 0.4) is 0 Å². The van der Waals surface area contributed by atoms with Gasteiger partial charge < -0.3 is 10.0 Å². The normalized spacial score (nSPS) is 16.9. The number of carbonyl (C=O) groups is 2. The number of carbonyl (C=O) groups excluding carboxylic acids is 1. The maximum absolute atomic E-state index is 13.4. The molecule has 1 aliphatic rings.